The summed E-state index contributed by atoms with van der Waals surface area (Å²) in [4.78, 5) is 3.47. The summed E-state index contributed by atoms with van der Waals surface area (Å²) in [5.41, 5.74) is 0. The Balaban J connectivity index is 2.10. The van der Waals surface area contributed by atoms with E-state index in [1.807, 2.05) is 0 Å². The molecule has 2 heteroatoms. The third-order valence-corrected chi connectivity index (χ3v) is 5.06. The summed E-state index contributed by atoms with van der Waals surface area (Å²) in [6.07, 6.45) is 7.09. The summed E-state index contributed by atoms with van der Waals surface area (Å²) >= 11 is 4.24. The van der Waals surface area contributed by atoms with Gasteiger partial charge in [-0.25, -0.2) is 0 Å². The molecule has 0 unspecified atom stereocenters. The third-order valence-electron chi connectivity index (χ3n) is 2.25. The van der Waals surface area contributed by atoms with Crippen LogP contribution in [0.3, 0.4) is 0 Å². The van der Waals surface area contributed by atoms with E-state index in [0.717, 1.165) is 0 Å². The van der Waals surface area contributed by atoms with E-state index in [1.165, 1.54) is 43.6 Å². The molecule has 0 radical (unpaired) electrons. The fourth-order valence-corrected chi connectivity index (χ4v) is 4.28. The maximum absolute atomic E-state index is 2.12. The molecular formula is C9H14S2. The highest BCUT2D eigenvalue weighted by Gasteiger charge is 2.15. The van der Waals surface area contributed by atoms with Crippen molar-refractivity contribution in [3.8, 4) is 0 Å². The molecule has 11 heavy (non-hydrogen) atoms. The Hall–Kier alpha value is 0.440. The first-order chi connectivity index (χ1) is 5.47. The monoisotopic (exact) mass is 186 g/mol. The zero-order valence-corrected chi connectivity index (χ0v) is 8.40. The smallest absolute Gasteiger partial charge is 0.00715 e. The zero-order valence-electron chi connectivity index (χ0n) is 6.77. The third kappa shape index (κ3) is 1.97. The molecule has 62 valence electrons. The van der Waals surface area contributed by atoms with E-state index >= 15 is 0 Å². The van der Waals surface area contributed by atoms with Gasteiger partial charge in [-0.15, -0.1) is 23.5 Å². The minimum absolute atomic E-state index is 1.35. The van der Waals surface area contributed by atoms with Gasteiger partial charge in [-0.05, 0) is 35.5 Å². The van der Waals surface area contributed by atoms with Gasteiger partial charge in [0, 0.05) is 11.5 Å². The summed E-state index contributed by atoms with van der Waals surface area (Å²) < 4.78 is 0. The SMILES string of the molecule is C1CCC2=C(CC1)SCCS2. The molecule has 0 fully saturated rings. The topological polar surface area (TPSA) is 0 Å². The lowest BCUT2D eigenvalue weighted by Crippen LogP contribution is -1.95. The van der Waals surface area contributed by atoms with Gasteiger partial charge in [0.05, 0.1) is 0 Å². The lowest BCUT2D eigenvalue weighted by atomic mass is 10.2. The quantitative estimate of drug-likeness (QED) is 0.566. The first-order valence-corrected chi connectivity index (χ1v) is 6.41. The Morgan fingerprint density at radius 1 is 0.727 bits per heavy atom. The number of hydrogen-bond acceptors (Lipinski definition) is 2. The maximum Gasteiger partial charge on any atom is 0.00715 e. The van der Waals surface area contributed by atoms with Gasteiger partial charge >= 0.3 is 0 Å². The largest absolute Gasteiger partial charge is 0.129 e. The average molecular weight is 186 g/mol. The molecular weight excluding hydrogens is 172 g/mol. The van der Waals surface area contributed by atoms with Crippen molar-refractivity contribution >= 4 is 23.5 Å². The molecule has 0 aromatic heterocycles. The Kier molecular flexibility index (Phi) is 2.86. The Morgan fingerprint density at radius 3 is 1.82 bits per heavy atom. The summed E-state index contributed by atoms with van der Waals surface area (Å²) in [5.74, 6) is 2.70. The molecule has 1 aliphatic heterocycles. The molecule has 0 atom stereocenters. The van der Waals surface area contributed by atoms with E-state index < -0.39 is 0 Å². The average Bonchev–Trinajstić information content (AvgIpc) is 2.28. The van der Waals surface area contributed by atoms with Crippen molar-refractivity contribution in [2.45, 2.75) is 32.1 Å². The van der Waals surface area contributed by atoms with Crippen molar-refractivity contribution < 1.29 is 0 Å². The van der Waals surface area contributed by atoms with Gasteiger partial charge in [-0.3, -0.25) is 0 Å². The van der Waals surface area contributed by atoms with Crippen molar-refractivity contribution in [3.63, 3.8) is 0 Å². The Labute approximate surface area is 77.2 Å². The van der Waals surface area contributed by atoms with Gasteiger partial charge in [0.25, 0.3) is 0 Å². The molecule has 0 bridgehead atoms. The molecule has 1 heterocycles. The molecule has 0 amide bonds. The van der Waals surface area contributed by atoms with Gasteiger partial charge in [0.2, 0.25) is 0 Å². The van der Waals surface area contributed by atoms with Crippen LogP contribution in [0.15, 0.2) is 9.81 Å². The van der Waals surface area contributed by atoms with Gasteiger partial charge in [-0.2, -0.15) is 0 Å². The van der Waals surface area contributed by atoms with Crippen molar-refractivity contribution in [3.05, 3.63) is 9.81 Å². The fourth-order valence-electron chi connectivity index (χ4n) is 1.66. The van der Waals surface area contributed by atoms with E-state index in [9.17, 15) is 0 Å². The van der Waals surface area contributed by atoms with E-state index in [-0.39, 0.29) is 0 Å². The van der Waals surface area contributed by atoms with E-state index in [0.29, 0.717) is 0 Å². The number of allylic oxidation sites excluding steroid dienone is 2. The first-order valence-electron chi connectivity index (χ1n) is 4.44. The van der Waals surface area contributed by atoms with Crippen LogP contribution in [0.5, 0.6) is 0 Å². The lowest BCUT2D eigenvalue weighted by molar-refractivity contribution is 0.715. The molecule has 0 N–H and O–H groups in total. The summed E-state index contributed by atoms with van der Waals surface area (Å²) in [7, 11) is 0. The summed E-state index contributed by atoms with van der Waals surface area (Å²) in [6, 6.07) is 0. The van der Waals surface area contributed by atoms with Crippen LogP contribution in [-0.4, -0.2) is 11.5 Å². The number of hydrogen-bond donors (Lipinski definition) is 0. The molecule has 2 aliphatic rings. The number of rotatable bonds is 0. The van der Waals surface area contributed by atoms with Gasteiger partial charge in [0.1, 0.15) is 0 Å². The molecule has 0 aromatic carbocycles. The summed E-state index contributed by atoms with van der Waals surface area (Å²) in [6.45, 7) is 0. The molecule has 1 aliphatic carbocycles. The van der Waals surface area contributed by atoms with Crippen molar-refractivity contribution in [1.82, 2.24) is 0 Å². The molecule has 0 saturated carbocycles. The highest BCUT2D eigenvalue weighted by atomic mass is 32.2. The Morgan fingerprint density at radius 2 is 1.27 bits per heavy atom. The minimum atomic E-state index is 1.35. The normalized spacial score (nSPS) is 26.2. The maximum atomic E-state index is 2.12. The van der Waals surface area contributed by atoms with Crippen molar-refractivity contribution in [2.24, 2.45) is 0 Å². The highest BCUT2D eigenvalue weighted by molar-refractivity contribution is 8.09. The highest BCUT2D eigenvalue weighted by Crippen LogP contribution is 2.41. The van der Waals surface area contributed by atoms with E-state index in [2.05, 4.69) is 23.5 Å². The van der Waals surface area contributed by atoms with Gasteiger partial charge in [-0.1, -0.05) is 6.42 Å². The van der Waals surface area contributed by atoms with E-state index in [1.54, 1.807) is 9.81 Å². The molecule has 0 aromatic rings. The molecule has 0 nitrogen and oxygen atoms in total. The van der Waals surface area contributed by atoms with Crippen LogP contribution < -0.4 is 0 Å². The van der Waals surface area contributed by atoms with E-state index in [4.69, 9.17) is 0 Å². The van der Waals surface area contributed by atoms with Crippen LogP contribution in [0.25, 0.3) is 0 Å². The van der Waals surface area contributed by atoms with Gasteiger partial charge in [0.15, 0.2) is 0 Å². The second kappa shape index (κ2) is 3.90. The predicted octanol–water partition coefficient (Wildman–Crippen LogP) is 3.64. The summed E-state index contributed by atoms with van der Waals surface area (Å²) in [5, 5.41) is 0. The Bertz CT molecular complexity index is 154. The van der Waals surface area contributed by atoms with Crippen LogP contribution in [0.4, 0.5) is 0 Å². The van der Waals surface area contributed by atoms with Crippen LogP contribution >= 0.6 is 23.5 Å². The zero-order chi connectivity index (χ0) is 7.52. The predicted molar refractivity (Wildman–Crippen MR) is 55.0 cm³/mol. The molecule has 2 rings (SSSR count). The second-order valence-corrected chi connectivity index (χ2v) is 5.48. The fraction of sp³-hybridized carbons (Fsp3) is 0.778. The van der Waals surface area contributed by atoms with Crippen LogP contribution in [0.1, 0.15) is 32.1 Å². The van der Waals surface area contributed by atoms with Crippen LogP contribution in [-0.2, 0) is 0 Å². The molecule has 0 saturated heterocycles. The first kappa shape index (κ1) is 8.06. The number of thioether (sulfide) groups is 2. The minimum Gasteiger partial charge on any atom is -0.129 e. The molecule has 0 spiro atoms. The van der Waals surface area contributed by atoms with Crippen molar-refractivity contribution in [1.29, 1.82) is 0 Å². The lowest BCUT2D eigenvalue weighted by Gasteiger charge is -2.16. The van der Waals surface area contributed by atoms with Crippen molar-refractivity contribution in [2.75, 3.05) is 11.5 Å². The van der Waals surface area contributed by atoms with Crippen LogP contribution in [0, 0.1) is 0 Å². The second-order valence-electron chi connectivity index (χ2n) is 3.10. The van der Waals surface area contributed by atoms with Crippen LogP contribution in [0.2, 0.25) is 0 Å². The van der Waals surface area contributed by atoms with Gasteiger partial charge < -0.3 is 0 Å². The standard InChI is InChI=1S/C9H14S2/c1-2-4-8-9(5-3-1)11-7-6-10-8/h1-7H2.